The van der Waals surface area contributed by atoms with E-state index in [1.54, 1.807) is 6.33 Å². The van der Waals surface area contributed by atoms with Crippen molar-refractivity contribution in [1.29, 1.82) is 0 Å². The van der Waals surface area contributed by atoms with Crippen molar-refractivity contribution in [3.63, 3.8) is 0 Å². The molecule has 26 heavy (non-hydrogen) atoms. The summed E-state index contributed by atoms with van der Waals surface area (Å²) in [5.74, 6) is 0.0992. The van der Waals surface area contributed by atoms with Gasteiger partial charge in [-0.3, -0.25) is 14.4 Å². The Kier molecular flexibility index (Phi) is 4.71. The van der Waals surface area contributed by atoms with E-state index in [1.165, 1.54) is 5.56 Å². The average Bonchev–Trinajstić information content (AvgIpc) is 3.25. The zero-order valence-electron chi connectivity index (χ0n) is 15.1. The Balaban J connectivity index is 1.40. The van der Waals surface area contributed by atoms with E-state index in [0.29, 0.717) is 0 Å². The van der Waals surface area contributed by atoms with Gasteiger partial charge in [0.25, 0.3) is 5.91 Å². The van der Waals surface area contributed by atoms with Gasteiger partial charge in [-0.25, -0.2) is 4.98 Å². The molecular weight excluding hydrogens is 328 g/mol. The third-order valence-corrected chi connectivity index (χ3v) is 4.96. The van der Waals surface area contributed by atoms with E-state index in [2.05, 4.69) is 33.1 Å². The molecule has 136 valence electrons. The van der Waals surface area contributed by atoms with Crippen LogP contribution in [-0.2, 0) is 13.1 Å². The third kappa shape index (κ3) is 3.48. The zero-order chi connectivity index (χ0) is 17.9. The Hall–Kier alpha value is -2.67. The second-order valence-corrected chi connectivity index (χ2v) is 6.76. The van der Waals surface area contributed by atoms with Crippen molar-refractivity contribution >= 4 is 16.9 Å². The number of carbonyl (C=O) groups excluding carboxylic acids is 1. The standard InChI is InChI=1S/C19H24N6O/c1-2-25-13-15(11-22-25)12-23-6-3-7-24(9-8-23)19(26)16-4-5-17-18(10-16)21-14-20-17/h4-5,10-11,13-14H,2-3,6-9,12H2,1H3,(H,20,21). The van der Waals surface area contributed by atoms with Gasteiger partial charge in [-0.2, -0.15) is 5.10 Å². The maximum absolute atomic E-state index is 12.9. The number of nitrogens with one attached hydrogen (secondary N) is 1. The van der Waals surface area contributed by atoms with Crippen LogP contribution in [0.2, 0.25) is 0 Å². The number of aryl methyl sites for hydroxylation is 1. The third-order valence-electron chi connectivity index (χ3n) is 4.96. The topological polar surface area (TPSA) is 70.1 Å². The molecule has 0 unspecified atom stereocenters. The van der Waals surface area contributed by atoms with Gasteiger partial charge < -0.3 is 9.88 Å². The molecule has 0 spiro atoms. The minimum Gasteiger partial charge on any atom is -0.345 e. The van der Waals surface area contributed by atoms with Gasteiger partial charge in [-0.1, -0.05) is 0 Å². The number of fused-ring (bicyclic) bond motifs is 1. The summed E-state index contributed by atoms with van der Waals surface area (Å²) in [5.41, 5.74) is 3.74. The average molecular weight is 352 g/mol. The summed E-state index contributed by atoms with van der Waals surface area (Å²) in [6.07, 6.45) is 6.69. The van der Waals surface area contributed by atoms with E-state index in [1.807, 2.05) is 34.0 Å². The number of hydrogen-bond donors (Lipinski definition) is 1. The molecule has 1 fully saturated rings. The first-order chi connectivity index (χ1) is 12.7. The van der Waals surface area contributed by atoms with Gasteiger partial charge in [0.15, 0.2) is 0 Å². The van der Waals surface area contributed by atoms with Crippen LogP contribution in [-0.4, -0.2) is 61.6 Å². The van der Waals surface area contributed by atoms with Gasteiger partial charge in [-0.15, -0.1) is 0 Å². The highest BCUT2D eigenvalue weighted by molar-refractivity contribution is 5.97. The highest BCUT2D eigenvalue weighted by atomic mass is 16.2. The highest BCUT2D eigenvalue weighted by Gasteiger charge is 2.21. The Labute approximate surface area is 152 Å². The van der Waals surface area contributed by atoms with E-state index in [0.717, 1.165) is 62.3 Å². The van der Waals surface area contributed by atoms with Crippen molar-refractivity contribution in [3.05, 3.63) is 48.0 Å². The fraction of sp³-hybridized carbons (Fsp3) is 0.421. The molecule has 7 nitrogen and oxygen atoms in total. The Morgan fingerprint density at radius 1 is 1.23 bits per heavy atom. The monoisotopic (exact) mass is 352 g/mol. The van der Waals surface area contributed by atoms with Gasteiger partial charge in [0.2, 0.25) is 0 Å². The second kappa shape index (κ2) is 7.29. The largest absolute Gasteiger partial charge is 0.345 e. The van der Waals surface area contributed by atoms with Crippen LogP contribution in [0.1, 0.15) is 29.3 Å². The SMILES string of the molecule is CCn1cc(CN2CCCN(C(=O)c3ccc4nc[nH]c4c3)CC2)cn1. The molecule has 2 aromatic heterocycles. The summed E-state index contributed by atoms with van der Waals surface area (Å²) < 4.78 is 1.95. The van der Waals surface area contributed by atoms with Crippen molar-refractivity contribution in [3.8, 4) is 0 Å². The summed E-state index contributed by atoms with van der Waals surface area (Å²) in [5, 5.41) is 4.34. The van der Waals surface area contributed by atoms with E-state index in [4.69, 9.17) is 0 Å². The first-order valence-electron chi connectivity index (χ1n) is 9.19. The van der Waals surface area contributed by atoms with Crippen molar-refractivity contribution < 1.29 is 4.79 Å². The van der Waals surface area contributed by atoms with Crippen LogP contribution in [0.4, 0.5) is 0 Å². The second-order valence-electron chi connectivity index (χ2n) is 6.76. The van der Waals surface area contributed by atoms with Gasteiger partial charge in [0.1, 0.15) is 0 Å². The van der Waals surface area contributed by atoms with Crippen molar-refractivity contribution in [2.45, 2.75) is 26.4 Å². The zero-order valence-corrected chi connectivity index (χ0v) is 15.1. The van der Waals surface area contributed by atoms with Gasteiger partial charge in [0, 0.05) is 56.6 Å². The lowest BCUT2D eigenvalue weighted by Crippen LogP contribution is -2.35. The molecule has 1 aliphatic heterocycles. The summed E-state index contributed by atoms with van der Waals surface area (Å²) in [6, 6.07) is 5.66. The summed E-state index contributed by atoms with van der Waals surface area (Å²) in [6.45, 7) is 7.31. The molecule has 1 aliphatic rings. The molecule has 1 aromatic carbocycles. The van der Waals surface area contributed by atoms with Gasteiger partial charge in [-0.05, 0) is 31.5 Å². The predicted molar refractivity (Wildman–Crippen MR) is 99.8 cm³/mol. The van der Waals surface area contributed by atoms with Crippen LogP contribution in [0.5, 0.6) is 0 Å². The maximum atomic E-state index is 12.9. The van der Waals surface area contributed by atoms with Crippen LogP contribution in [0, 0.1) is 0 Å². The number of aromatic amines is 1. The molecule has 0 atom stereocenters. The fourth-order valence-corrected chi connectivity index (χ4v) is 3.50. The molecule has 0 saturated carbocycles. The molecule has 0 aliphatic carbocycles. The number of benzene rings is 1. The number of rotatable bonds is 4. The molecule has 1 amide bonds. The smallest absolute Gasteiger partial charge is 0.253 e. The van der Waals surface area contributed by atoms with E-state index in [9.17, 15) is 4.79 Å². The molecule has 3 heterocycles. The van der Waals surface area contributed by atoms with Crippen LogP contribution >= 0.6 is 0 Å². The van der Waals surface area contributed by atoms with Crippen LogP contribution in [0.15, 0.2) is 36.9 Å². The molecule has 0 radical (unpaired) electrons. The minimum absolute atomic E-state index is 0.0992. The number of amides is 1. The van der Waals surface area contributed by atoms with Crippen LogP contribution in [0.25, 0.3) is 11.0 Å². The lowest BCUT2D eigenvalue weighted by molar-refractivity contribution is 0.0761. The number of imidazole rings is 1. The van der Waals surface area contributed by atoms with Gasteiger partial charge in [0.05, 0.1) is 23.6 Å². The number of hydrogen-bond acceptors (Lipinski definition) is 4. The lowest BCUT2D eigenvalue weighted by Gasteiger charge is -2.21. The molecule has 1 saturated heterocycles. The Morgan fingerprint density at radius 2 is 2.15 bits per heavy atom. The molecular formula is C19H24N6O. The van der Waals surface area contributed by atoms with Gasteiger partial charge >= 0.3 is 0 Å². The normalized spacial score (nSPS) is 16.1. The van der Waals surface area contributed by atoms with E-state index < -0.39 is 0 Å². The van der Waals surface area contributed by atoms with E-state index in [-0.39, 0.29) is 5.91 Å². The quantitative estimate of drug-likeness (QED) is 0.781. The molecule has 3 aromatic rings. The molecule has 4 rings (SSSR count). The Bertz CT molecular complexity index is 898. The summed E-state index contributed by atoms with van der Waals surface area (Å²) >= 11 is 0. The number of nitrogens with zero attached hydrogens (tertiary/aromatic N) is 5. The van der Waals surface area contributed by atoms with Crippen LogP contribution in [0.3, 0.4) is 0 Å². The molecule has 0 bridgehead atoms. The van der Waals surface area contributed by atoms with Crippen molar-refractivity contribution in [2.24, 2.45) is 0 Å². The highest BCUT2D eigenvalue weighted by Crippen LogP contribution is 2.15. The molecule has 7 heteroatoms. The number of H-pyrrole nitrogens is 1. The summed E-state index contributed by atoms with van der Waals surface area (Å²) in [4.78, 5) is 24.5. The predicted octanol–water partition coefficient (Wildman–Crippen LogP) is 2.13. The summed E-state index contributed by atoms with van der Waals surface area (Å²) in [7, 11) is 0. The minimum atomic E-state index is 0.0992. The van der Waals surface area contributed by atoms with Crippen molar-refractivity contribution in [2.75, 3.05) is 26.2 Å². The first kappa shape index (κ1) is 16.8. The fourth-order valence-electron chi connectivity index (χ4n) is 3.50. The van der Waals surface area contributed by atoms with Crippen molar-refractivity contribution in [1.82, 2.24) is 29.5 Å². The first-order valence-corrected chi connectivity index (χ1v) is 9.19. The number of aromatic nitrogens is 4. The maximum Gasteiger partial charge on any atom is 0.253 e. The molecule has 1 N–H and O–H groups in total. The van der Waals surface area contributed by atoms with Crippen LogP contribution < -0.4 is 0 Å². The lowest BCUT2D eigenvalue weighted by atomic mass is 10.1. The van der Waals surface area contributed by atoms with E-state index >= 15 is 0 Å². The number of carbonyl (C=O) groups is 1. The Morgan fingerprint density at radius 3 is 3.00 bits per heavy atom.